The van der Waals surface area contributed by atoms with E-state index < -0.39 is 16.1 Å². The molecular weight excluding hydrogens is 336 g/mol. The summed E-state index contributed by atoms with van der Waals surface area (Å²) in [7, 11) is 1.02. The number of hydrogen-bond acceptors (Lipinski definition) is 6. The van der Waals surface area contributed by atoms with Crippen molar-refractivity contribution in [3.05, 3.63) is 12.1 Å². The Morgan fingerprint density at radius 2 is 1.75 bits per heavy atom. The van der Waals surface area contributed by atoms with E-state index in [4.69, 9.17) is 14.2 Å². The molecule has 1 aromatic rings. The minimum absolute atomic E-state index is 0.353. The summed E-state index contributed by atoms with van der Waals surface area (Å²) in [4.78, 5) is 12.5. The highest BCUT2D eigenvalue weighted by atomic mass is 32.2. The highest BCUT2D eigenvalue weighted by Gasteiger charge is 2.36. The van der Waals surface area contributed by atoms with Crippen LogP contribution in [-0.4, -0.2) is 58.8 Å². The number of sulfonamides is 1. The number of methoxy groups -OCH3 is 3. The molecule has 1 unspecified atom stereocenters. The van der Waals surface area contributed by atoms with Crippen molar-refractivity contribution in [2.75, 3.05) is 39.4 Å². The van der Waals surface area contributed by atoms with Crippen LogP contribution in [0.15, 0.2) is 12.1 Å². The van der Waals surface area contributed by atoms with Crippen LogP contribution in [0.3, 0.4) is 0 Å². The molecule has 1 heterocycles. The molecule has 1 aliphatic heterocycles. The second kappa shape index (κ2) is 7.27. The van der Waals surface area contributed by atoms with Crippen LogP contribution in [0.25, 0.3) is 0 Å². The lowest BCUT2D eigenvalue weighted by molar-refractivity contribution is -0.119. The Kier molecular flexibility index (Phi) is 5.55. The Labute approximate surface area is 141 Å². The van der Waals surface area contributed by atoms with Crippen molar-refractivity contribution >= 4 is 21.6 Å². The fourth-order valence-electron chi connectivity index (χ4n) is 2.78. The van der Waals surface area contributed by atoms with Crippen molar-refractivity contribution in [2.24, 2.45) is 0 Å². The molecule has 1 aromatic carbocycles. The molecule has 134 valence electrons. The summed E-state index contributed by atoms with van der Waals surface area (Å²) >= 11 is 0. The van der Waals surface area contributed by atoms with E-state index in [-0.39, 0.29) is 5.91 Å². The number of hydrogen-bond donors (Lipinski definition) is 1. The van der Waals surface area contributed by atoms with Gasteiger partial charge in [-0.05, 0) is 12.8 Å². The molecule has 8 nitrogen and oxygen atoms in total. The summed E-state index contributed by atoms with van der Waals surface area (Å²) in [6, 6.07) is 2.48. The number of carbonyl (C=O) groups excluding carboxylic acids is 1. The smallest absolute Gasteiger partial charge is 0.242 e. The zero-order chi connectivity index (χ0) is 17.9. The van der Waals surface area contributed by atoms with Crippen molar-refractivity contribution in [1.29, 1.82) is 0 Å². The molecule has 0 aliphatic carbocycles. The number of amides is 1. The second-order valence-corrected chi connectivity index (χ2v) is 7.37. The number of nitrogens with one attached hydrogen (secondary N) is 1. The lowest BCUT2D eigenvalue weighted by atomic mass is 10.2. The Morgan fingerprint density at radius 3 is 2.21 bits per heavy atom. The van der Waals surface area contributed by atoms with Crippen LogP contribution in [-0.2, 0) is 14.8 Å². The minimum Gasteiger partial charge on any atom is -0.493 e. The topological polar surface area (TPSA) is 94.2 Å². The van der Waals surface area contributed by atoms with Gasteiger partial charge in [0.25, 0.3) is 0 Å². The number of rotatable bonds is 6. The molecule has 0 aromatic heterocycles. The van der Waals surface area contributed by atoms with Gasteiger partial charge in [0.15, 0.2) is 11.5 Å². The van der Waals surface area contributed by atoms with Gasteiger partial charge >= 0.3 is 0 Å². The van der Waals surface area contributed by atoms with E-state index in [1.165, 1.54) is 25.6 Å². The Balaban J connectivity index is 2.26. The first-order valence-electron chi connectivity index (χ1n) is 7.39. The van der Waals surface area contributed by atoms with Crippen LogP contribution >= 0.6 is 0 Å². The first-order valence-corrected chi connectivity index (χ1v) is 9.24. The number of benzene rings is 1. The summed E-state index contributed by atoms with van der Waals surface area (Å²) in [6.07, 6.45) is 2.25. The fourth-order valence-corrected chi connectivity index (χ4v) is 3.90. The molecule has 1 N–H and O–H groups in total. The van der Waals surface area contributed by atoms with Crippen molar-refractivity contribution < 1.29 is 27.4 Å². The minimum atomic E-state index is -3.42. The van der Waals surface area contributed by atoms with Gasteiger partial charge in [0.05, 0.1) is 27.6 Å². The van der Waals surface area contributed by atoms with Gasteiger partial charge in [-0.3, -0.25) is 4.79 Å². The van der Waals surface area contributed by atoms with E-state index in [0.29, 0.717) is 42.3 Å². The van der Waals surface area contributed by atoms with Crippen LogP contribution in [0.2, 0.25) is 0 Å². The molecule has 24 heavy (non-hydrogen) atoms. The zero-order valence-electron chi connectivity index (χ0n) is 14.2. The maximum absolute atomic E-state index is 12.5. The number of nitrogens with zero attached hydrogens (tertiary/aromatic N) is 1. The Bertz CT molecular complexity index is 694. The third kappa shape index (κ3) is 3.73. The van der Waals surface area contributed by atoms with Gasteiger partial charge in [-0.25, -0.2) is 8.42 Å². The normalized spacial score (nSPS) is 18.2. The second-order valence-electron chi connectivity index (χ2n) is 5.44. The van der Waals surface area contributed by atoms with Gasteiger partial charge in [-0.2, -0.15) is 4.31 Å². The first kappa shape index (κ1) is 18.3. The molecule has 1 atom stereocenters. The first-order chi connectivity index (χ1) is 11.3. The lowest BCUT2D eigenvalue weighted by Crippen LogP contribution is -2.42. The average molecular weight is 358 g/mol. The van der Waals surface area contributed by atoms with E-state index in [0.717, 1.165) is 6.26 Å². The summed E-state index contributed by atoms with van der Waals surface area (Å²) in [5.41, 5.74) is 0.440. The SMILES string of the molecule is COc1cc(NC(=O)C2CCCN2S(C)(=O)=O)cc(OC)c1OC. The molecule has 0 radical (unpaired) electrons. The third-order valence-electron chi connectivity index (χ3n) is 3.86. The van der Waals surface area contributed by atoms with Gasteiger partial charge in [0.2, 0.25) is 21.7 Å². The van der Waals surface area contributed by atoms with Crippen molar-refractivity contribution in [2.45, 2.75) is 18.9 Å². The quantitative estimate of drug-likeness (QED) is 0.818. The van der Waals surface area contributed by atoms with Gasteiger partial charge in [0.1, 0.15) is 6.04 Å². The maximum atomic E-state index is 12.5. The maximum Gasteiger partial charge on any atom is 0.242 e. The van der Waals surface area contributed by atoms with Crippen LogP contribution in [0.5, 0.6) is 17.2 Å². The van der Waals surface area contributed by atoms with Crippen LogP contribution < -0.4 is 19.5 Å². The molecular formula is C15H22N2O6S. The van der Waals surface area contributed by atoms with E-state index >= 15 is 0 Å². The van der Waals surface area contributed by atoms with Crippen molar-refractivity contribution in [1.82, 2.24) is 4.31 Å². The van der Waals surface area contributed by atoms with Crippen LogP contribution in [0.1, 0.15) is 12.8 Å². The fraction of sp³-hybridized carbons (Fsp3) is 0.533. The highest BCUT2D eigenvalue weighted by molar-refractivity contribution is 7.88. The number of anilines is 1. The number of carbonyl (C=O) groups is 1. The van der Waals surface area contributed by atoms with E-state index in [1.54, 1.807) is 12.1 Å². The summed E-state index contributed by atoms with van der Waals surface area (Å²) in [6.45, 7) is 0.353. The van der Waals surface area contributed by atoms with Crippen molar-refractivity contribution in [3.63, 3.8) is 0 Å². The molecule has 1 aliphatic rings. The molecule has 0 spiro atoms. The molecule has 9 heteroatoms. The predicted molar refractivity (Wildman–Crippen MR) is 89.3 cm³/mol. The molecule has 1 saturated heterocycles. The summed E-state index contributed by atoms with van der Waals surface area (Å²) in [5.74, 6) is 0.834. The van der Waals surface area contributed by atoms with Crippen LogP contribution in [0, 0.1) is 0 Å². The highest BCUT2D eigenvalue weighted by Crippen LogP contribution is 2.40. The Morgan fingerprint density at radius 1 is 1.17 bits per heavy atom. The van der Waals surface area contributed by atoms with Gasteiger partial charge in [0, 0.05) is 24.4 Å². The summed E-state index contributed by atoms with van der Waals surface area (Å²) < 4.78 is 40.5. The van der Waals surface area contributed by atoms with Crippen LogP contribution in [0.4, 0.5) is 5.69 Å². The molecule has 2 rings (SSSR count). The molecule has 0 saturated carbocycles. The van der Waals surface area contributed by atoms with Crippen molar-refractivity contribution in [3.8, 4) is 17.2 Å². The van der Waals surface area contributed by atoms with E-state index in [9.17, 15) is 13.2 Å². The zero-order valence-corrected chi connectivity index (χ0v) is 15.0. The lowest BCUT2D eigenvalue weighted by Gasteiger charge is -2.22. The number of ether oxygens (including phenoxy) is 3. The standard InChI is InChI=1S/C15H22N2O6S/c1-21-12-8-10(9-13(22-2)14(12)23-3)16-15(18)11-6-5-7-17(11)24(4,19)20/h8-9,11H,5-7H2,1-4H3,(H,16,18). The molecule has 1 amide bonds. The molecule has 1 fully saturated rings. The van der Waals surface area contributed by atoms with E-state index in [1.807, 2.05) is 0 Å². The third-order valence-corrected chi connectivity index (χ3v) is 5.15. The monoisotopic (exact) mass is 358 g/mol. The van der Waals surface area contributed by atoms with Gasteiger partial charge in [-0.1, -0.05) is 0 Å². The Hall–Kier alpha value is -2.00. The van der Waals surface area contributed by atoms with Gasteiger partial charge < -0.3 is 19.5 Å². The predicted octanol–water partition coefficient (Wildman–Crippen LogP) is 1.07. The van der Waals surface area contributed by atoms with E-state index in [2.05, 4.69) is 5.32 Å². The molecule has 0 bridgehead atoms. The largest absolute Gasteiger partial charge is 0.493 e. The average Bonchev–Trinajstić information content (AvgIpc) is 3.03. The summed E-state index contributed by atoms with van der Waals surface area (Å²) in [5, 5.41) is 2.73. The van der Waals surface area contributed by atoms with Gasteiger partial charge in [-0.15, -0.1) is 0 Å².